The number of likely N-dealkylation sites (tertiary alicyclic amines) is 1. The van der Waals surface area contributed by atoms with E-state index in [1.165, 1.54) is 0 Å². The molecule has 1 saturated heterocycles. The van der Waals surface area contributed by atoms with E-state index in [2.05, 4.69) is 10.2 Å². The molecule has 1 aromatic heterocycles. The van der Waals surface area contributed by atoms with Crippen LogP contribution in [0.3, 0.4) is 0 Å². The Bertz CT molecular complexity index is 950. The fraction of sp³-hybridized carbons (Fsp3) is 0.300. The molecule has 1 aliphatic rings. The number of para-hydroxylation sites is 1. The molecule has 0 radical (unpaired) electrons. The first kappa shape index (κ1) is 16.4. The summed E-state index contributed by atoms with van der Waals surface area (Å²) in [5.74, 6) is 1.81. The predicted octanol–water partition coefficient (Wildman–Crippen LogP) is 3.21. The average molecular weight is 351 g/mol. The van der Waals surface area contributed by atoms with Gasteiger partial charge in [0.2, 0.25) is 0 Å². The van der Waals surface area contributed by atoms with Gasteiger partial charge < -0.3 is 14.4 Å². The highest BCUT2D eigenvalue weighted by atomic mass is 16.5. The van der Waals surface area contributed by atoms with Gasteiger partial charge in [-0.3, -0.25) is 9.89 Å². The third-order valence-corrected chi connectivity index (χ3v) is 5.03. The van der Waals surface area contributed by atoms with E-state index in [1.807, 2.05) is 47.4 Å². The standard InChI is InChI=1S/C20H21N3O3/c1-25-14-7-8-18(26-2)16(11-14)13-9-10-23(12-13)20(24)19-15-5-3-4-6-17(15)21-22-19/h3-8,11,13H,9-10,12H2,1-2H3,(H,21,22). The molecule has 2 heterocycles. The molecule has 2 aromatic carbocycles. The van der Waals surface area contributed by atoms with E-state index in [-0.39, 0.29) is 11.8 Å². The summed E-state index contributed by atoms with van der Waals surface area (Å²) in [4.78, 5) is 14.8. The SMILES string of the molecule is COc1ccc(OC)c(C2CCN(C(=O)c3n[nH]c4ccccc34)C2)c1. The predicted molar refractivity (Wildman–Crippen MR) is 98.9 cm³/mol. The maximum absolute atomic E-state index is 13.0. The van der Waals surface area contributed by atoms with Crippen LogP contribution >= 0.6 is 0 Å². The van der Waals surface area contributed by atoms with Gasteiger partial charge in [-0.15, -0.1) is 0 Å². The van der Waals surface area contributed by atoms with Crippen LogP contribution in [0.1, 0.15) is 28.4 Å². The van der Waals surface area contributed by atoms with Gasteiger partial charge in [-0.1, -0.05) is 18.2 Å². The molecular formula is C20H21N3O3. The average Bonchev–Trinajstić information content (AvgIpc) is 3.34. The van der Waals surface area contributed by atoms with Crippen molar-refractivity contribution < 1.29 is 14.3 Å². The minimum absolute atomic E-state index is 0.0354. The number of H-pyrrole nitrogens is 1. The number of aromatic nitrogens is 2. The second-order valence-electron chi connectivity index (χ2n) is 6.46. The van der Waals surface area contributed by atoms with Gasteiger partial charge in [0, 0.05) is 30.0 Å². The Morgan fingerprint density at radius 2 is 2.04 bits per heavy atom. The number of hydrogen-bond acceptors (Lipinski definition) is 4. The molecule has 26 heavy (non-hydrogen) atoms. The Kier molecular flexibility index (Phi) is 4.24. The number of hydrogen-bond donors (Lipinski definition) is 1. The summed E-state index contributed by atoms with van der Waals surface area (Å²) in [6.45, 7) is 1.34. The number of carbonyl (C=O) groups excluding carboxylic acids is 1. The Morgan fingerprint density at radius 1 is 1.19 bits per heavy atom. The molecule has 1 unspecified atom stereocenters. The topological polar surface area (TPSA) is 67.5 Å². The summed E-state index contributed by atoms with van der Waals surface area (Å²) in [5.41, 5.74) is 2.44. The van der Waals surface area contributed by atoms with Gasteiger partial charge in [-0.05, 0) is 30.7 Å². The van der Waals surface area contributed by atoms with Crippen LogP contribution in [-0.4, -0.2) is 48.3 Å². The maximum Gasteiger partial charge on any atom is 0.275 e. The molecule has 1 N–H and O–H groups in total. The van der Waals surface area contributed by atoms with Crippen molar-refractivity contribution >= 4 is 16.8 Å². The van der Waals surface area contributed by atoms with Crippen molar-refractivity contribution in [3.05, 3.63) is 53.7 Å². The minimum atomic E-state index is -0.0354. The van der Waals surface area contributed by atoms with Crippen molar-refractivity contribution in [1.82, 2.24) is 15.1 Å². The highest BCUT2D eigenvalue weighted by Gasteiger charge is 2.31. The zero-order valence-corrected chi connectivity index (χ0v) is 14.9. The van der Waals surface area contributed by atoms with Crippen LogP contribution in [0.25, 0.3) is 10.9 Å². The van der Waals surface area contributed by atoms with Crippen molar-refractivity contribution in [2.75, 3.05) is 27.3 Å². The summed E-state index contributed by atoms with van der Waals surface area (Å²) in [6.07, 6.45) is 0.887. The monoisotopic (exact) mass is 351 g/mol. The second-order valence-corrected chi connectivity index (χ2v) is 6.46. The van der Waals surface area contributed by atoms with Crippen molar-refractivity contribution in [1.29, 1.82) is 0 Å². The van der Waals surface area contributed by atoms with Crippen molar-refractivity contribution in [2.45, 2.75) is 12.3 Å². The van der Waals surface area contributed by atoms with Crippen molar-refractivity contribution in [3.8, 4) is 11.5 Å². The second kappa shape index (κ2) is 6.71. The number of carbonyl (C=O) groups is 1. The van der Waals surface area contributed by atoms with Gasteiger partial charge in [0.25, 0.3) is 5.91 Å². The number of benzene rings is 2. The molecule has 1 fully saturated rings. The summed E-state index contributed by atoms with van der Waals surface area (Å²) in [7, 11) is 3.32. The first-order valence-electron chi connectivity index (χ1n) is 8.65. The van der Waals surface area contributed by atoms with Gasteiger partial charge >= 0.3 is 0 Å². The zero-order chi connectivity index (χ0) is 18.1. The van der Waals surface area contributed by atoms with Crippen LogP contribution in [0, 0.1) is 0 Å². The van der Waals surface area contributed by atoms with Crippen molar-refractivity contribution in [3.63, 3.8) is 0 Å². The molecule has 0 spiro atoms. The summed E-state index contributed by atoms with van der Waals surface area (Å²) in [6, 6.07) is 13.5. The lowest BCUT2D eigenvalue weighted by atomic mass is 9.97. The number of rotatable bonds is 4. The van der Waals surface area contributed by atoms with Crippen molar-refractivity contribution in [2.24, 2.45) is 0 Å². The van der Waals surface area contributed by atoms with Gasteiger partial charge in [0.1, 0.15) is 11.5 Å². The lowest BCUT2D eigenvalue weighted by Gasteiger charge is -2.18. The first-order chi connectivity index (χ1) is 12.7. The van der Waals surface area contributed by atoms with E-state index < -0.39 is 0 Å². The Balaban J connectivity index is 1.58. The Hall–Kier alpha value is -3.02. The van der Waals surface area contributed by atoms with Gasteiger partial charge in [0.05, 0.1) is 19.7 Å². The van der Waals surface area contributed by atoms with Crippen LogP contribution in [0.15, 0.2) is 42.5 Å². The molecule has 0 bridgehead atoms. The molecule has 134 valence electrons. The lowest BCUT2D eigenvalue weighted by molar-refractivity contribution is 0.0786. The van der Waals surface area contributed by atoms with Gasteiger partial charge in [-0.25, -0.2) is 0 Å². The molecule has 4 rings (SSSR count). The van der Waals surface area contributed by atoms with E-state index in [0.717, 1.165) is 34.4 Å². The van der Waals surface area contributed by atoms with E-state index in [0.29, 0.717) is 18.8 Å². The maximum atomic E-state index is 13.0. The third kappa shape index (κ3) is 2.77. The number of aromatic amines is 1. The van der Waals surface area contributed by atoms with Crippen LogP contribution in [-0.2, 0) is 0 Å². The normalized spacial score (nSPS) is 16.8. The van der Waals surface area contributed by atoms with E-state index >= 15 is 0 Å². The Labute approximate surface area is 151 Å². The largest absolute Gasteiger partial charge is 0.497 e. The number of nitrogens with zero attached hydrogens (tertiary/aromatic N) is 2. The fourth-order valence-electron chi connectivity index (χ4n) is 3.63. The highest BCUT2D eigenvalue weighted by molar-refractivity contribution is 6.04. The zero-order valence-electron chi connectivity index (χ0n) is 14.9. The lowest BCUT2D eigenvalue weighted by Crippen LogP contribution is -2.29. The first-order valence-corrected chi connectivity index (χ1v) is 8.65. The van der Waals surface area contributed by atoms with Crippen LogP contribution in [0.2, 0.25) is 0 Å². The van der Waals surface area contributed by atoms with Gasteiger partial charge in [0.15, 0.2) is 5.69 Å². The van der Waals surface area contributed by atoms with E-state index in [1.54, 1.807) is 14.2 Å². The molecular weight excluding hydrogens is 330 g/mol. The molecule has 1 aliphatic heterocycles. The molecule has 3 aromatic rings. The number of amides is 1. The number of ether oxygens (including phenoxy) is 2. The van der Waals surface area contributed by atoms with Crippen LogP contribution in [0.5, 0.6) is 11.5 Å². The van der Waals surface area contributed by atoms with E-state index in [9.17, 15) is 4.79 Å². The smallest absolute Gasteiger partial charge is 0.275 e. The van der Waals surface area contributed by atoms with Crippen LogP contribution < -0.4 is 9.47 Å². The molecule has 0 saturated carbocycles. The molecule has 1 atom stereocenters. The number of fused-ring (bicyclic) bond motifs is 1. The fourth-order valence-corrected chi connectivity index (χ4v) is 3.63. The third-order valence-electron chi connectivity index (χ3n) is 5.03. The molecule has 6 nitrogen and oxygen atoms in total. The van der Waals surface area contributed by atoms with E-state index in [4.69, 9.17) is 9.47 Å². The summed E-state index contributed by atoms with van der Waals surface area (Å²) in [5, 5.41) is 8.03. The minimum Gasteiger partial charge on any atom is -0.497 e. The number of nitrogens with one attached hydrogen (secondary N) is 1. The highest BCUT2D eigenvalue weighted by Crippen LogP contribution is 2.36. The van der Waals surface area contributed by atoms with Crippen LogP contribution in [0.4, 0.5) is 0 Å². The Morgan fingerprint density at radius 3 is 2.85 bits per heavy atom. The number of methoxy groups -OCH3 is 2. The molecule has 1 amide bonds. The molecule has 0 aliphatic carbocycles. The summed E-state index contributed by atoms with van der Waals surface area (Å²) >= 11 is 0. The quantitative estimate of drug-likeness (QED) is 0.784. The molecule has 6 heteroatoms. The summed E-state index contributed by atoms with van der Waals surface area (Å²) < 4.78 is 10.9. The van der Waals surface area contributed by atoms with Gasteiger partial charge in [-0.2, -0.15) is 5.10 Å².